The van der Waals surface area contributed by atoms with Crippen molar-refractivity contribution in [1.29, 1.82) is 0 Å². The van der Waals surface area contributed by atoms with Crippen molar-refractivity contribution in [2.45, 2.75) is 6.92 Å². The molecule has 0 spiro atoms. The van der Waals surface area contributed by atoms with Crippen LogP contribution in [0.2, 0.25) is 0 Å². The monoisotopic (exact) mass is 217 g/mol. The average molecular weight is 217 g/mol. The van der Waals surface area contributed by atoms with Crippen molar-refractivity contribution in [2.75, 3.05) is 0 Å². The maximum absolute atomic E-state index is 11.2. The van der Waals surface area contributed by atoms with Crippen LogP contribution in [-0.2, 0) is 0 Å². The van der Waals surface area contributed by atoms with Crippen molar-refractivity contribution in [1.82, 2.24) is 0 Å². The number of rotatable bonds is 2. The Hall–Kier alpha value is -1.61. The summed E-state index contributed by atoms with van der Waals surface area (Å²) >= 11 is 1.64. The number of benzene rings is 1. The summed E-state index contributed by atoms with van der Waals surface area (Å²) in [5, 5.41) is 4.06. The van der Waals surface area contributed by atoms with Crippen LogP contribution in [0.5, 0.6) is 0 Å². The second-order valence-electron chi connectivity index (χ2n) is 3.41. The summed E-state index contributed by atoms with van der Waals surface area (Å²) in [6, 6.07) is 7.80. The number of hydrogen-bond acceptors (Lipinski definition) is 2. The van der Waals surface area contributed by atoms with Gasteiger partial charge in [0.05, 0.1) is 0 Å². The molecule has 0 radical (unpaired) electrons. The van der Waals surface area contributed by atoms with E-state index in [2.05, 4.69) is 5.38 Å². The lowest BCUT2D eigenvalue weighted by Gasteiger charge is -2.04. The van der Waals surface area contributed by atoms with Gasteiger partial charge in [0.15, 0.2) is 0 Å². The van der Waals surface area contributed by atoms with Crippen LogP contribution in [0.15, 0.2) is 35.0 Å². The minimum atomic E-state index is -0.371. The van der Waals surface area contributed by atoms with Crippen LogP contribution in [-0.4, -0.2) is 5.91 Å². The third-order valence-corrected chi connectivity index (χ3v) is 3.04. The molecule has 0 aliphatic rings. The molecule has 1 aromatic carbocycles. The Balaban J connectivity index is 2.52. The first kappa shape index (κ1) is 9.93. The van der Waals surface area contributed by atoms with Crippen LogP contribution in [0.4, 0.5) is 0 Å². The molecule has 0 saturated carbocycles. The third-order valence-electron chi connectivity index (χ3n) is 2.36. The Morgan fingerprint density at radius 2 is 2.07 bits per heavy atom. The normalized spacial score (nSPS) is 10.2. The van der Waals surface area contributed by atoms with E-state index in [1.165, 1.54) is 0 Å². The summed E-state index contributed by atoms with van der Waals surface area (Å²) in [4.78, 5) is 11.2. The summed E-state index contributed by atoms with van der Waals surface area (Å²) in [6.45, 7) is 1.89. The largest absolute Gasteiger partial charge is 0.366 e. The van der Waals surface area contributed by atoms with Gasteiger partial charge in [-0.1, -0.05) is 12.1 Å². The van der Waals surface area contributed by atoms with E-state index in [-0.39, 0.29) is 5.91 Å². The molecule has 1 amide bonds. The fraction of sp³-hybridized carbons (Fsp3) is 0.0833. The highest BCUT2D eigenvalue weighted by molar-refractivity contribution is 7.08. The molecular weight excluding hydrogens is 206 g/mol. The number of primary amides is 1. The summed E-state index contributed by atoms with van der Waals surface area (Å²) in [6.07, 6.45) is 0. The zero-order valence-corrected chi connectivity index (χ0v) is 9.17. The molecule has 76 valence electrons. The summed E-state index contributed by atoms with van der Waals surface area (Å²) in [7, 11) is 0. The van der Waals surface area contributed by atoms with Crippen molar-refractivity contribution in [2.24, 2.45) is 5.73 Å². The Labute approximate surface area is 92.4 Å². The third kappa shape index (κ3) is 1.92. The zero-order valence-electron chi connectivity index (χ0n) is 8.36. The van der Waals surface area contributed by atoms with Gasteiger partial charge in [0, 0.05) is 5.56 Å². The molecule has 0 bridgehead atoms. The second kappa shape index (κ2) is 3.87. The van der Waals surface area contributed by atoms with E-state index in [0.29, 0.717) is 5.56 Å². The number of carbonyl (C=O) groups is 1. The fourth-order valence-corrected chi connectivity index (χ4v) is 2.16. The van der Waals surface area contributed by atoms with Crippen LogP contribution < -0.4 is 5.73 Å². The SMILES string of the molecule is Cc1ccc(-c2ccsc2)cc1C(N)=O. The van der Waals surface area contributed by atoms with E-state index in [1.54, 1.807) is 11.3 Å². The maximum atomic E-state index is 11.2. The predicted molar refractivity (Wildman–Crippen MR) is 63.0 cm³/mol. The van der Waals surface area contributed by atoms with E-state index in [9.17, 15) is 4.79 Å². The molecule has 0 saturated heterocycles. The van der Waals surface area contributed by atoms with Gasteiger partial charge in [0.25, 0.3) is 0 Å². The van der Waals surface area contributed by atoms with Crippen molar-refractivity contribution >= 4 is 17.2 Å². The molecular formula is C12H11NOS. The fourth-order valence-electron chi connectivity index (χ4n) is 1.50. The smallest absolute Gasteiger partial charge is 0.248 e. The molecule has 2 rings (SSSR count). The summed E-state index contributed by atoms with van der Waals surface area (Å²) in [5.74, 6) is -0.371. The van der Waals surface area contributed by atoms with Crippen LogP contribution in [0.25, 0.3) is 11.1 Å². The molecule has 0 atom stereocenters. The average Bonchev–Trinajstić information content (AvgIpc) is 2.71. The summed E-state index contributed by atoms with van der Waals surface area (Å²) < 4.78 is 0. The molecule has 3 heteroatoms. The number of amides is 1. The predicted octanol–water partition coefficient (Wildman–Crippen LogP) is 2.82. The lowest BCUT2D eigenvalue weighted by Crippen LogP contribution is -2.12. The van der Waals surface area contributed by atoms with E-state index >= 15 is 0 Å². The van der Waals surface area contributed by atoms with Crippen molar-refractivity contribution in [3.05, 3.63) is 46.2 Å². The van der Waals surface area contributed by atoms with E-state index in [0.717, 1.165) is 16.7 Å². The van der Waals surface area contributed by atoms with Crippen molar-refractivity contribution < 1.29 is 4.79 Å². The molecule has 0 aliphatic heterocycles. The first-order chi connectivity index (χ1) is 7.18. The molecule has 2 nitrogen and oxygen atoms in total. The van der Waals surface area contributed by atoms with Gasteiger partial charge in [-0.05, 0) is 46.5 Å². The van der Waals surface area contributed by atoms with Crippen molar-refractivity contribution in [3.8, 4) is 11.1 Å². The molecule has 0 fully saturated rings. The number of aryl methyl sites for hydroxylation is 1. The van der Waals surface area contributed by atoms with Gasteiger partial charge in [0.2, 0.25) is 5.91 Å². The van der Waals surface area contributed by atoms with Gasteiger partial charge in [-0.15, -0.1) is 0 Å². The van der Waals surface area contributed by atoms with Gasteiger partial charge in [-0.25, -0.2) is 0 Å². The van der Waals surface area contributed by atoms with E-state index < -0.39 is 0 Å². The van der Waals surface area contributed by atoms with Gasteiger partial charge >= 0.3 is 0 Å². The molecule has 2 aromatic rings. The Morgan fingerprint density at radius 1 is 1.27 bits per heavy atom. The van der Waals surface area contributed by atoms with Crippen LogP contribution in [0.1, 0.15) is 15.9 Å². The van der Waals surface area contributed by atoms with Gasteiger partial charge < -0.3 is 5.73 Å². The van der Waals surface area contributed by atoms with Gasteiger partial charge in [-0.3, -0.25) is 4.79 Å². The van der Waals surface area contributed by atoms with Crippen LogP contribution in [0, 0.1) is 6.92 Å². The highest BCUT2D eigenvalue weighted by atomic mass is 32.1. The minimum Gasteiger partial charge on any atom is -0.366 e. The number of hydrogen-bond donors (Lipinski definition) is 1. The quantitative estimate of drug-likeness (QED) is 0.825. The first-order valence-corrected chi connectivity index (χ1v) is 5.56. The Morgan fingerprint density at radius 3 is 2.67 bits per heavy atom. The van der Waals surface area contributed by atoms with Crippen molar-refractivity contribution in [3.63, 3.8) is 0 Å². The lowest BCUT2D eigenvalue weighted by molar-refractivity contribution is 0.1000. The molecule has 15 heavy (non-hydrogen) atoms. The molecule has 2 N–H and O–H groups in total. The second-order valence-corrected chi connectivity index (χ2v) is 4.19. The molecule has 1 aromatic heterocycles. The lowest BCUT2D eigenvalue weighted by atomic mass is 10.0. The van der Waals surface area contributed by atoms with Crippen LogP contribution >= 0.6 is 11.3 Å². The topological polar surface area (TPSA) is 43.1 Å². The molecule has 1 heterocycles. The van der Waals surface area contributed by atoms with Crippen LogP contribution in [0.3, 0.4) is 0 Å². The zero-order chi connectivity index (χ0) is 10.8. The summed E-state index contributed by atoms with van der Waals surface area (Å²) in [5.41, 5.74) is 8.98. The Kier molecular flexibility index (Phi) is 2.56. The first-order valence-electron chi connectivity index (χ1n) is 4.61. The maximum Gasteiger partial charge on any atom is 0.248 e. The Bertz CT molecular complexity index is 488. The minimum absolute atomic E-state index is 0.371. The highest BCUT2D eigenvalue weighted by Gasteiger charge is 2.06. The highest BCUT2D eigenvalue weighted by Crippen LogP contribution is 2.24. The number of nitrogens with two attached hydrogens (primary N) is 1. The number of carbonyl (C=O) groups excluding carboxylic acids is 1. The van der Waals surface area contributed by atoms with Gasteiger partial charge in [0.1, 0.15) is 0 Å². The molecule has 0 unspecified atom stereocenters. The number of thiophene rings is 1. The molecule has 0 aliphatic carbocycles. The van der Waals surface area contributed by atoms with Gasteiger partial charge in [-0.2, -0.15) is 11.3 Å². The standard InChI is InChI=1S/C12H11NOS/c1-8-2-3-9(6-11(8)12(13)14)10-4-5-15-7-10/h2-7H,1H3,(H2,13,14). The van der Waals surface area contributed by atoms with E-state index in [4.69, 9.17) is 5.73 Å². The van der Waals surface area contributed by atoms with E-state index in [1.807, 2.05) is 36.6 Å².